The van der Waals surface area contributed by atoms with E-state index in [9.17, 15) is 36.2 Å². The summed E-state index contributed by atoms with van der Waals surface area (Å²) >= 11 is 0. The van der Waals surface area contributed by atoms with Crippen molar-refractivity contribution >= 4 is 5.97 Å². The number of alkyl halides is 6. The molecule has 0 saturated heterocycles. The van der Waals surface area contributed by atoms with Gasteiger partial charge in [-0.3, -0.25) is 4.98 Å². The van der Waals surface area contributed by atoms with Crippen LogP contribution >= 0.6 is 0 Å². The lowest BCUT2D eigenvalue weighted by Crippen LogP contribution is -2.53. The minimum atomic E-state index is -6.02. The monoisotopic (exact) mass is 460 g/mol. The van der Waals surface area contributed by atoms with Gasteiger partial charge >= 0.3 is 18.3 Å². The number of hydrogen-bond donors (Lipinski definition) is 1. The summed E-state index contributed by atoms with van der Waals surface area (Å²) in [5.41, 5.74) is -6.58. The molecule has 0 aliphatic carbocycles. The Bertz CT molecular complexity index is 1080. The zero-order chi connectivity index (χ0) is 23.7. The minimum Gasteiger partial charge on any atom is -0.462 e. The fourth-order valence-corrected chi connectivity index (χ4v) is 2.93. The van der Waals surface area contributed by atoms with E-state index >= 15 is 0 Å². The molecular formula is C20H14F6N2O4. The summed E-state index contributed by atoms with van der Waals surface area (Å²) in [5.74, 6) is -0.911. The first kappa shape index (κ1) is 23.3. The molecule has 3 rings (SSSR count). The Morgan fingerprint density at radius 3 is 2.16 bits per heavy atom. The van der Waals surface area contributed by atoms with Gasteiger partial charge in [0, 0.05) is 29.1 Å². The van der Waals surface area contributed by atoms with Gasteiger partial charge in [0.25, 0.3) is 5.60 Å². The number of hydrogen-bond acceptors (Lipinski definition) is 6. The van der Waals surface area contributed by atoms with E-state index in [1.54, 1.807) is 19.1 Å². The van der Waals surface area contributed by atoms with Crippen molar-refractivity contribution in [2.75, 3.05) is 6.61 Å². The number of carbonyl (C=O) groups is 1. The van der Waals surface area contributed by atoms with Crippen LogP contribution in [-0.4, -0.2) is 40.2 Å². The molecule has 0 fully saturated rings. The molecule has 12 heteroatoms. The highest BCUT2D eigenvalue weighted by molar-refractivity contribution is 6.01. The first-order chi connectivity index (χ1) is 14.9. The van der Waals surface area contributed by atoms with E-state index in [0.717, 1.165) is 12.1 Å². The number of halogens is 6. The largest absolute Gasteiger partial charge is 0.462 e. The first-order valence-corrected chi connectivity index (χ1v) is 8.95. The molecule has 0 aliphatic heterocycles. The van der Waals surface area contributed by atoms with Gasteiger partial charge in [-0.15, -0.1) is 0 Å². The summed E-state index contributed by atoms with van der Waals surface area (Å²) in [6, 6.07) is 5.70. The second-order valence-electron chi connectivity index (χ2n) is 6.48. The fraction of sp³-hybridized carbons (Fsp3) is 0.250. The summed E-state index contributed by atoms with van der Waals surface area (Å²) in [7, 11) is 0. The predicted octanol–water partition coefficient (Wildman–Crippen LogP) is 4.89. The van der Waals surface area contributed by atoms with Crippen LogP contribution in [0, 0.1) is 0 Å². The number of carbonyl (C=O) groups excluding carboxylic acids is 1. The van der Waals surface area contributed by atoms with E-state index in [0.29, 0.717) is 17.7 Å². The summed E-state index contributed by atoms with van der Waals surface area (Å²) in [5, 5.41) is 13.3. The van der Waals surface area contributed by atoms with Crippen LogP contribution in [0.3, 0.4) is 0 Å². The lowest BCUT2D eigenvalue weighted by atomic mass is 9.91. The van der Waals surface area contributed by atoms with E-state index in [1.165, 1.54) is 12.4 Å². The third-order valence-electron chi connectivity index (χ3n) is 4.49. The van der Waals surface area contributed by atoms with Gasteiger partial charge in [-0.2, -0.15) is 26.3 Å². The summed E-state index contributed by atoms with van der Waals surface area (Å²) in [6.07, 6.45) is -9.22. The maximum Gasteiger partial charge on any atom is 0.430 e. The Balaban J connectivity index is 2.12. The SMILES string of the molecule is CCOC(=O)c1c(-c2ccc(C(O)(C(F)(F)F)C(F)(F)F)cc2)noc1-c1cccnc1. The summed E-state index contributed by atoms with van der Waals surface area (Å²) in [4.78, 5) is 16.4. The quantitative estimate of drug-likeness (QED) is 0.431. The van der Waals surface area contributed by atoms with Crippen molar-refractivity contribution in [3.8, 4) is 22.6 Å². The number of nitrogens with zero attached hydrogens (tertiary/aromatic N) is 2. The highest BCUT2D eigenvalue weighted by Gasteiger charge is 2.71. The Morgan fingerprint density at radius 2 is 1.66 bits per heavy atom. The average Bonchev–Trinajstić information content (AvgIpc) is 3.18. The van der Waals surface area contributed by atoms with Crippen molar-refractivity contribution in [1.29, 1.82) is 0 Å². The first-order valence-electron chi connectivity index (χ1n) is 8.95. The molecule has 0 aliphatic rings. The Kier molecular flexibility index (Phi) is 6.00. The smallest absolute Gasteiger partial charge is 0.430 e. The summed E-state index contributed by atoms with van der Waals surface area (Å²) in [6.45, 7) is 1.53. The molecule has 0 saturated carbocycles. The number of rotatable bonds is 5. The van der Waals surface area contributed by atoms with Crippen LogP contribution in [0.1, 0.15) is 22.8 Å². The van der Waals surface area contributed by atoms with Crippen molar-refractivity contribution in [1.82, 2.24) is 10.1 Å². The van der Waals surface area contributed by atoms with Gasteiger partial charge in [0.15, 0.2) is 5.76 Å². The Hall–Kier alpha value is -3.41. The van der Waals surface area contributed by atoms with E-state index in [2.05, 4.69) is 10.1 Å². The molecule has 6 nitrogen and oxygen atoms in total. The van der Waals surface area contributed by atoms with Gasteiger partial charge in [0.2, 0.25) is 0 Å². The van der Waals surface area contributed by atoms with Gasteiger partial charge in [-0.05, 0) is 19.1 Å². The Morgan fingerprint density at radius 1 is 1.03 bits per heavy atom. The number of aliphatic hydroxyl groups is 1. The lowest BCUT2D eigenvalue weighted by Gasteiger charge is -2.32. The van der Waals surface area contributed by atoms with Crippen LogP contribution in [0.2, 0.25) is 0 Å². The molecule has 0 radical (unpaired) electrons. The average molecular weight is 460 g/mol. The van der Waals surface area contributed by atoms with Crippen molar-refractivity contribution in [3.05, 3.63) is 59.9 Å². The maximum absolute atomic E-state index is 13.1. The van der Waals surface area contributed by atoms with Gasteiger partial charge in [0.05, 0.1) is 6.61 Å². The molecule has 2 heterocycles. The van der Waals surface area contributed by atoms with E-state index in [1.807, 2.05) is 0 Å². The molecule has 1 aromatic carbocycles. The molecule has 32 heavy (non-hydrogen) atoms. The Labute approximate surface area is 176 Å². The molecule has 0 spiro atoms. The zero-order valence-electron chi connectivity index (χ0n) is 16.2. The minimum absolute atomic E-state index is 0.0148. The van der Waals surface area contributed by atoms with Crippen LogP contribution in [0.15, 0.2) is 53.3 Å². The topological polar surface area (TPSA) is 85.5 Å². The predicted molar refractivity (Wildman–Crippen MR) is 97.1 cm³/mol. The van der Waals surface area contributed by atoms with Gasteiger partial charge < -0.3 is 14.4 Å². The normalized spacial score (nSPS) is 12.6. The van der Waals surface area contributed by atoms with Crippen molar-refractivity contribution < 1.29 is 45.5 Å². The standard InChI is InChI=1S/C20H14F6N2O4/c1-2-31-17(29)14-15(28-32-16(14)12-4-3-9-27-10-12)11-5-7-13(8-6-11)18(30,19(21,22)23)20(24,25)26/h3-10,30H,2H2,1H3. The maximum atomic E-state index is 13.1. The van der Waals surface area contributed by atoms with Gasteiger partial charge in [-0.25, -0.2) is 4.79 Å². The zero-order valence-corrected chi connectivity index (χ0v) is 16.2. The second-order valence-corrected chi connectivity index (χ2v) is 6.48. The van der Waals surface area contributed by atoms with Gasteiger partial charge in [-0.1, -0.05) is 29.4 Å². The van der Waals surface area contributed by atoms with E-state index < -0.39 is 29.5 Å². The molecule has 1 N–H and O–H groups in total. The number of benzene rings is 1. The van der Waals surface area contributed by atoms with Crippen LogP contribution in [0.25, 0.3) is 22.6 Å². The highest BCUT2D eigenvalue weighted by atomic mass is 19.4. The summed E-state index contributed by atoms with van der Waals surface area (Å²) < 4.78 is 88.7. The molecule has 0 unspecified atom stereocenters. The molecule has 0 atom stereocenters. The van der Waals surface area contributed by atoms with E-state index in [-0.39, 0.29) is 29.2 Å². The number of pyridine rings is 1. The fourth-order valence-electron chi connectivity index (χ4n) is 2.93. The van der Waals surface area contributed by atoms with Crippen LogP contribution in [-0.2, 0) is 10.3 Å². The van der Waals surface area contributed by atoms with Crippen LogP contribution in [0.5, 0.6) is 0 Å². The molecular weight excluding hydrogens is 446 g/mol. The number of aromatic nitrogens is 2. The number of esters is 1. The van der Waals surface area contributed by atoms with E-state index in [4.69, 9.17) is 9.26 Å². The second kappa shape index (κ2) is 8.26. The van der Waals surface area contributed by atoms with Crippen molar-refractivity contribution in [2.24, 2.45) is 0 Å². The lowest BCUT2D eigenvalue weighted by molar-refractivity contribution is -0.376. The molecule has 3 aromatic rings. The number of ether oxygens (including phenoxy) is 1. The van der Waals surface area contributed by atoms with Crippen LogP contribution < -0.4 is 0 Å². The highest BCUT2D eigenvalue weighted by Crippen LogP contribution is 2.50. The van der Waals surface area contributed by atoms with Gasteiger partial charge in [0.1, 0.15) is 11.3 Å². The molecule has 170 valence electrons. The third-order valence-corrected chi connectivity index (χ3v) is 4.49. The third kappa shape index (κ3) is 3.93. The van der Waals surface area contributed by atoms with Crippen LogP contribution in [0.4, 0.5) is 26.3 Å². The van der Waals surface area contributed by atoms with Crippen molar-refractivity contribution in [2.45, 2.75) is 24.9 Å². The molecule has 2 aromatic heterocycles. The van der Waals surface area contributed by atoms with Crippen molar-refractivity contribution in [3.63, 3.8) is 0 Å². The molecule has 0 amide bonds. The molecule has 0 bridgehead atoms.